The van der Waals surface area contributed by atoms with E-state index in [0.29, 0.717) is 24.7 Å². The molecule has 0 aliphatic carbocycles. The second-order valence-corrected chi connectivity index (χ2v) is 8.06. The van der Waals surface area contributed by atoms with Crippen molar-refractivity contribution in [2.24, 2.45) is 0 Å². The molecule has 0 N–H and O–H groups in total. The van der Waals surface area contributed by atoms with Gasteiger partial charge >= 0.3 is 0 Å². The molecule has 1 atom stereocenters. The van der Waals surface area contributed by atoms with E-state index in [1.807, 2.05) is 31.2 Å². The van der Waals surface area contributed by atoms with E-state index in [-0.39, 0.29) is 17.5 Å². The lowest BCUT2D eigenvalue weighted by Crippen LogP contribution is -2.42. The molecule has 6 nitrogen and oxygen atoms in total. The van der Waals surface area contributed by atoms with Crippen LogP contribution in [0.3, 0.4) is 0 Å². The van der Waals surface area contributed by atoms with E-state index in [1.165, 1.54) is 24.6 Å². The van der Waals surface area contributed by atoms with Crippen molar-refractivity contribution in [3.63, 3.8) is 0 Å². The highest BCUT2D eigenvalue weighted by Crippen LogP contribution is 2.33. The Morgan fingerprint density at radius 2 is 1.81 bits per heavy atom. The molecule has 0 bridgehead atoms. The Morgan fingerprint density at radius 1 is 1.08 bits per heavy atom. The molecule has 1 heterocycles. The second kappa shape index (κ2) is 7.65. The molecule has 0 aromatic heterocycles. The quantitative estimate of drug-likeness (QED) is 0.802. The first-order chi connectivity index (χ1) is 12.5. The van der Waals surface area contributed by atoms with E-state index in [2.05, 4.69) is 0 Å². The van der Waals surface area contributed by atoms with Gasteiger partial charge in [0.25, 0.3) is 0 Å². The van der Waals surface area contributed by atoms with Crippen molar-refractivity contribution in [1.82, 2.24) is 4.31 Å². The molecule has 0 saturated carbocycles. The Morgan fingerprint density at radius 3 is 2.46 bits per heavy atom. The van der Waals surface area contributed by atoms with E-state index in [9.17, 15) is 8.42 Å². The molecule has 1 fully saturated rings. The summed E-state index contributed by atoms with van der Waals surface area (Å²) in [5.74, 6) is 0.761. The predicted molar refractivity (Wildman–Crippen MR) is 98.2 cm³/mol. The molecule has 2 aromatic rings. The van der Waals surface area contributed by atoms with Gasteiger partial charge in [0.2, 0.25) is 10.0 Å². The van der Waals surface area contributed by atoms with Crippen LogP contribution < -0.4 is 9.47 Å². The van der Waals surface area contributed by atoms with Crippen molar-refractivity contribution in [2.45, 2.75) is 17.9 Å². The van der Waals surface area contributed by atoms with E-state index in [4.69, 9.17) is 14.2 Å². The summed E-state index contributed by atoms with van der Waals surface area (Å²) in [5.41, 5.74) is 2.11. The lowest BCUT2D eigenvalue weighted by atomic mass is 10.1. The molecular formula is C19H23NO5S. The number of sulfonamides is 1. The highest BCUT2D eigenvalue weighted by atomic mass is 32.2. The standard InChI is InChI=1S/C19H23NO5S/c1-14-4-6-15(7-5-14)18-13-20(10-11-25-18)26(21,22)19-12-16(23-2)8-9-17(19)24-3/h4-9,12,18H,10-11,13H2,1-3H3. The van der Waals surface area contributed by atoms with Gasteiger partial charge in [0, 0.05) is 19.2 Å². The summed E-state index contributed by atoms with van der Waals surface area (Å²) in [4.78, 5) is 0.101. The summed E-state index contributed by atoms with van der Waals surface area (Å²) in [5, 5.41) is 0. The van der Waals surface area contributed by atoms with Gasteiger partial charge in [0.05, 0.1) is 26.9 Å². The maximum atomic E-state index is 13.2. The minimum atomic E-state index is -3.74. The Labute approximate surface area is 154 Å². The highest BCUT2D eigenvalue weighted by molar-refractivity contribution is 7.89. The molecular weight excluding hydrogens is 354 g/mol. The van der Waals surface area contributed by atoms with Gasteiger partial charge in [-0.15, -0.1) is 0 Å². The van der Waals surface area contributed by atoms with Crippen molar-refractivity contribution in [3.05, 3.63) is 53.6 Å². The van der Waals surface area contributed by atoms with Crippen molar-refractivity contribution in [3.8, 4) is 11.5 Å². The number of aryl methyl sites for hydroxylation is 1. The number of morpholine rings is 1. The molecule has 26 heavy (non-hydrogen) atoms. The summed E-state index contributed by atoms with van der Waals surface area (Å²) in [6.45, 7) is 2.90. The van der Waals surface area contributed by atoms with Gasteiger partial charge in [0.15, 0.2) is 0 Å². The van der Waals surface area contributed by atoms with Crippen LogP contribution in [-0.2, 0) is 14.8 Å². The van der Waals surface area contributed by atoms with Crippen LogP contribution in [0.15, 0.2) is 47.4 Å². The zero-order chi connectivity index (χ0) is 18.7. The molecule has 7 heteroatoms. The molecule has 140 valence electrons. The number of hydrogen-bond donors (Lipinski definition) is 0. The minimum absolute atomic E-state index is 0.101. The molecule has 1 unspecified atom stereocenters. The fourth-order valence-electron chi connectivity index (χ4n) is 2.95. The Bertz CT molecular complexity index is 864. The third-order valence-electron chi connectivity index (χ3n) is 4.47. The summed E-state index contributed by atoms with van der Waals surface area (Å²) in [7, 11) is -0.784. The third-order valence-corrected chi connectivity index (χ3v) is 6.35. The van der Waals surface area contributed by atoms with Crippen LogP contribution in [0.5, 0.6) is 11.5 Å². The lowest BCUT2D eigenvalue weighted by Gasteiger charge is -2.32. The monoisotopic (exact) mass is 377 g/mol. The first-order valence-corrected chi connectivity index (χ1v) is 9.80. The summed E-state index contributed by atoms with van der Waals surface area (Å²) in [6, 6.07) is 12.7. The maximum absolute atomic E-state index is 13.2. The van der Waals surface area contributed by atoms with Crippen LogP contribution >= 0.6 is 0 Å². The lowest BCUT2D eigenvalue weighted by molar-refractivity contribution is -0.00259. The molecule has 1 saturated heterocycles. The maximum Gasteiger partial charge on any atom is 0.247 e. The first-order valence-electron chi connectivity index (χ1n) is 8.36. The van der Waals surface area contributed by atoms with Gasteiger partial charge in [-0.25, -0.2) is 8.42 Å². The summed E-state index contributed by atoms with van der Waals surface area (Å²) >= 11 is 0. The molecule has 2 aromatic carbocycles. The van der Waals surface area contributed by atoms with Gasteiger partial charge in [-0.05, 0) is 24.6 Å². The minimum Gasteiger partial charge on any atom is -0.497 e. The van der Waals surface area contributed by atoms with E-state index < -0.39 is 10.0 Å². The normalized spacial score (nSPS) is 18.5. The highest BCUT2D eigenvalue weighted by Gasteiger charge is 2.33. The van der Waals surface area contributed by atoms with Crippen molar-refractivity contribution < 1.29 is 22.6 Å². The van der Waals surface area contributed by atoms with Crippen LogP contribution in [0.25, 0.3) is 0 Å². The van der Waals surface area contributed by atoms with Crippen LogP contribution in [0.1, 0.15) is 17.2 Å². The number of ether oxygens (including phenoxy) is 3. The fraction of sp³-hybridized carbons (Fsp3) is 0.368. The molecule has 0 amide bonds. The van der Waals surface area contributed by atoms with E-state index in [0.717, 1.165) is 11.1 Å². The van der Waals surface area contributed by atoms with Crippen LogP contribution in [-0.4, -0.2) is 46.6 Å². The van der Waals surface area contributed by atoms with E-state index >= 15 is 0 Å². The Hall–Kier alpha value is -2.09. The van der Waals surface area contributed by atoms with Crippen LogP contribution in [0, 0.1) is 6.92 Å². The van der Waals surface area contributed by atoms with Crippen molar-refractivity contribution in [1.29, 1.82) is 0 Å². The van der Waals surface area contributed by atoms with Crippen LogP contribution in [0.2, 0.25) is 0 Å². The number of nitrogens with zero attached hydrogens (tertiary/aromatic N) is 1. The second-order valence-electron chi connectivity index (χ2n) is 6.15. The zero-order valence-electron chi connectivity index (χ0n) is 15.1. The van der Waals surface area contributed by atoms with Crippen LogP contribution in [0.4, 0.5) is 0 Å². The molecule has 1 aliphatic rings. The molecule has 0 radical (unpaired) electrons. The Balaban J connectivity index is 1.90. The van der Waals surface area contributed by atoms with Crippen molar-refractivity contribution in [2.75, 3.05) is 33.9 Å². The SMILES string of the molecule is COc1ccc(OC)c(S(=O)(=O)N2CCOC(c3ccc(C)cc3)C2)c1. The Kier molecular flexibility index (Phi) is 5.50. The number of hydrogen-bond acceptors (Lipinski definition) is 5. The average Bonchev–Trinajstić information content (AvgIpc) is 2.68. The van der Waals surface area contributed by atoms with E-state index in [1.54, 1.807) is 12.1 Å². The van der Waals surface area contributed by atoms with Crippen molar-refractivity contribution >= 4 is 10.0 Å². The van der Waals surface area contributed by atoms with Gasteiger partial charge in [-0.1, -0.05) is 29.8 Å². The number of benzene rings is 2. The fourth-order valence-corrected chi connectivity index (χ4v) is 4.55. The number of methoxy groups -OCH3 is 2. The molecule has 1 aliphatic heterocycles. The third kappa shape index (κ3) is 3.70. The number of rotatable bonds is 5. The topological polar surface area (TPSA) is 65.1 Å². The van der Waals surface area contributed by atoms with Gasteiger partial charge < -0.3 is 14.2 Å². The van der Waals surface area contributed by atoms with Gasteiger partial charge in [-0.2, -0.15) is 4.31 Å². The van der Waals surface area contributed by atoms with Gasteiger partial charge in [0.1, 0.15) is 16.4 Å². The largest absolute Gasteiger partial charge is 0.497 e. The predicted octanol–water partition coefficient (Wildman–Crippen LogP) is 2.77. The molecule has 0 spiro atoms. The smallest absolute Gasteiger partial charge is 0.247 e. The van der Waals surface area contributed by atoms with Gasteiger partial charge in [-0.3, -0.25) is 0 Å². The average molecular weight is 377 g/mol. The zero-order valence-corrected chi connectivity index (χ0v) is 16.0. The molecule has 3 rings (SSSR count). The first kappa shape index (κ1) is 18.7. The summed E-state index contributed by atoms with van der Waals surface area (Å²) < 4.78 is 44.1. The summed E-state index contributed by atoms with van der Waals surface area (Å²) in [6.07, 6.45) is -0.296.